The second-order valence-corrected chi connectivity index (χ2v) is 3.45. The molecule has 5 N–H and O–H groups in total. The molecule has 0 bridgehead atoms. The number of phenolic OH excluding ortho intramolecular Hbond substituents is 1. The van der Waals surface area contributed by atoms with Crippen LogP contribution in [0, 0.1) is 0 Å². The van der Waals surface area contributed by atoms with Gasteiger partial charge in [0, 0.05) is 18.2 Å². The van der Waals surface area contributed by atoms with Crippen LogP contribution in [0.5, 0.6) is 17.2 Å². The van der Waals surface area contributed by atoms with Gasteiger partial charge < -0.3 is 26.0 Å². The molecule has 1 aromatic rings. The predicted molar refractivity (Wildman–Crippen MR) is 61.8 cm³/mol. The molecular weight excluding hydrogens is 208 g/mol. The molecule has 0 saturated heterocycles. The second-order valence-electron chi connectivity index (χ2n) is 3.45. The molecule has 0 aromatic heterocycles. The van der Waals surface area contributed by atoms with E-state index in [1.165, 1.54) is 20.3 Å². The number of rotatable bonds is 5. The van der Waals surface area contributed by atoms with Crippen LogP contribution >= 0.6 is 0 Å². The standard InChI is InChI=1S/C11H18N2O3/c1-15-7-5-9(14)11(8(13)3-4-12)10(6-7)16-2/h5-6,8,14H,3-4,12-13H2,1-2H3/t8-/m1/s1. The van der Waals surface area contributed by atoms with E-state index < -0.39 is 0 Å². The van der Waals surface area contributed by atoms with E-state index in [9.17, 15) is 5.11 Å². The van der Waals surface area contributed by atoms with Crippen molar-refractivity contribution in [2.24, 2.45) is 11.5 Å². The fourth-order valence-electron chi connectivity index (χ4n) is 1.57. The monoisotopic (exact) mass is 226 g/mol. The minimum Gasteiger partial charge on any atom is -0.507 e. The van der Waals surface area contributed by atoms with E-state index in [1.54, 1.807) is 6.07 Å². The van der Waals surface area contributed by atoms with Gasteiger partial charge in [-0.1, -0.05) is 0 Å². The quantitative estimate of drug-likeness (QED) is 0.689. The molecule has 0 fully saturated rings. The van der Waals surface area contributed by atoms with Crippen molar-refractivity contribution in [1.82, 2.24) is 0 Å². The maximum atomic E-state index is 9.85. The van der Waals surface area contributed by atoms with Gasteiger partial charge in [0.2, 0.25) is 0 Å². The van der Waals surface area contributed by atoms with Gasteiger partial charge in [0.25, 0.3) is 0 Å². The van der Waals surface area contributed by atoms with Gasteiger partial charge in [0.1, 0.15) is 17.2 Å². The molecule has 0 amide bonds. The molecule has 0 radical (unpaired) electrons. The molecule has 1 aromatic carbocycles. The van der Waals surface area contributed by atoms with E-state index in [4.69, 9.17) is 20.9 Å². The molecular formula is C11H18N2O3. The molecule has 5 nitrogen and oxygen atoms in total. The van der Waals surface area contributed by atoms with Crippen molar-refractivity contribution in [3.05, 3.63) is 17.7 Å². The number of hydrogen-bond donors (Lipinski definition) is 3. The van der Waals surface area contributed by atoms with Gasteiger partial charge in [-0.15, -0.1) is 0 Å². The lowest BCUT2D eigenvalue weighted by Crippen LogP contribution is -2.16. The molecule has 0 aliphatic rings. The summed E-state index contributed by atoms with van der Waals surface area (Å²) in [6.45, 7) is 0.454. The van der Waals surface area contributed by atoms with Crippen LogP contribution < -0.4 is 20.9 Å². The highest BCUT2D eigenvalue weighted by Gasteiger charge is 2.17. The minimum atomic E-state index is -0.342. The van der Waals surface area contributed by atoms with Crippen molar-refractivity contribution in [2.75, 3.05) is 20.8 Å². The van der Waals surface area contributed by atoms with Crippen molar-refractivity contribution in [1.29, 1.82) is 0 Å². The van der Waals surface area contributed by atoms with Crippen molar-refractivity contribution in [3.63, 3.8) is 0 Å². The zero-order chi connectivity index (χ0) is 12.1. The average molecular weight is 226 g/mol. The first-order valence-electron chi connectivity index (χ1n) is 5.04. The maximum Gasteiger partial charge on any atom is 0.131 e. The maximum absolute atomic E-state index is 9.85. The third-order valence-corrected chi connectivity index (χ3v) is 2.40. The lowest BCUT2D eigenvalue weighted by Gasteiger charge is -2.17. The first-order valence-corrected chi connectivity index (χ1v) is 5.04. The molecule has 0 heterocycles. The molecule has 0 aliphatic heterocycles. The Kier molecular flexibility index (Phi) is 4.39. The fraction of sp³-hybridized carbons (Fsp3) is 0.455. The third kappa shape index (κ3) is 2.56. The lowest BCUT2D eigenvalue weighted by atomic mass is 10.0. The van der Waals surface area contributed by atoms with Crippen molar-refractivity contribution in [2.45, 2.75) is 12.5 Å². The first kappa shape index (κ1) is 12.6. The van der Waals surface area contributed by atoms with E-state index in [1.807, 2.05) is 0 Å². The van der Waals surface area contributed by atoms with E-state index in [-0.39, 0.29) is 11.8 Å². The van der Waals surface area contributed by atoms with Crippen LogP contribution in [0.2, 0.25) is 0 Å². The van der Waals surface area contributed by atoms with E-state index in [0.29, 0.717) is 30.0 Å². The average Bonchev–Trinajstić information content (AvgIpc) is 2.27. The highest BCUT2D eigenvalue weighted by Crippen LogP contribution is 2.37. The summed E-state index contributed by atoms with van der Waals surface area (Å²) in [5, 5.41) is 9.85. The van der Waals surface area contributed by atoms with Gasteiger partial charge >= 0.3 is 0 Å². The van der Waals surface area contributed by atoms with Crippen LogP contribution in [0.15, 0.2) is 12.1 Å². The number of methoxy groups -OCH3 is 2. The number of phenols is 1. The Labute approximate surface area is 95.0 Å². The Morgan fingerprint density at radius 1 is 1.31 bits per heavy atom. The topological polar surface area (TPSA) is 90.7 Å². The summed E-state index contributed by atoms with van der Waals surface area (Å²) in [4.78, 5) is 0. The Bertz CT molecular complexity index is 355. The fourth-order valence-corrected chi connectivity index (χ4v) is 1.57. The highest BCUT2D eigenvalue weighted by atomic mass is 16.5. The Hall–Kier alpha value is -1.46. The number of hydrogen-bond acceptors (Lipinski definition) is 5. The van der Waals surface area contributed by atoms with Gasteiger partial charge in [0.15, 0.2) is 0 Å². The molecule has 16 heavy (non-hydrogen) atoms. The van der Waals surface area contributed by atoms with Crippen molar-refractivity contribution in [3.8, 4) is 17.2 Å². The summed E-state index contributed by atoms with van der Waals surface area (Å²) in [5.74, 6) is 1.10. The number of benzene rings is 1. The summed E-state index contributed by atoms with van der Waals surface area (Å²) >= 11 is 0. The zero-order valence-electron chi connectivity index (χ0n) is 9.56. The molecule has 5 heteroatoms. The van der Waals surface area contributed by atoms with Crippen LogP contribution in [0.25, 0.3) is 0 Å². The predicted octanol–water partition coefficient (Wildman–Crippen LogP) is 0.758. The number of aromatic hydroxyl groups is 1. The Balaban J connectivity index is 3.15. The highest BCUT2D eigenvalue weighted by molar-refractivity contribution is 5.51. The third-order valence-electron chi connectivity index (χ3n) is 2.40. The summed E-state index contributed by atoms with van der Waals surface area (Å²) in [6, 6.07) is 2.85. The van der Waals surface area contributed by atoms with Gasteiger partial charge in [0.05, 0.1) is 19.8 Å². The molecule has 0 aliphatic carbocycles. The van der Waals surface area contributed by atoms with Gasteiger partial charge in [-0.05, 0) is 13.0 Å². The molecule has 1 rings (SSSR count). The number of ether oxygens (including phenoxy) is 2. The Morgan fingerprint density at radius 3 is 2.50 bits per heavy atom. The minimum absolute atomic E-state index is 0.0668. The normalized spacial score (nSPS) is 12.2. The first-order chi connectivity index (χ1) is 7.63. The van der Waals surface area contributed by atoms with E-state index in [2.05, 4.69) is 0 Å². The number of nitrogens with two attached hydrogens (primary N) is 2. The summed E-state index contributed by atoms with van der Waals surface area (Å²) in [5.41, 5.74) is 11.9. The van der Waals surface area contributed by atoms with Crippen molar-refractivity contribution < 1.29 is 14.6 Å². The van der Waals surface area contributed by atoms with Gasteiger partial charge in [-0.25, -0.2) is 0 Å². The largest absolute Gasteiger partial charge is 0.507 e. The van der Waals surface area contributed by atoms with Gasteiger partial charge in [-0.2, -0.15) is 0 Å². The summed E-state index contributed by atoms with van der Waals surface area (Å²) in [7, 11) is 3.04. The second kappa shape index (κ2) is 5.58. The molecule has 0 saturated carbocycles. The lowest BCUT2D eigenvalue weighted by molar-refractivity contribution is 0.374. The molecule has 1 atom stereocenters. The van der Waals surface area contributed by atoms with Crippen LogP contribution in [-0.2, 0) is 0 Å². The van der Waals surface area contributed by atoms with E-state index >= 15 is 0 Å². The summed E-state index contributed by atoms with van der Waals surface area (Å²) < 4.78 is 10.2. The molecule has 90 valence electrons. The van der Waals surface area contributed by atoms with Crippen LogP contribution in [0.1, 0.15) is 18.0 Å². The molecule has 0 unspecified atom stereocenters. The zero-order valence-corrected chi connectivity index (χ0v) is 9.56. The van der Waals surface area contributed by atoms with Crippen LogP contribution in [-0.4, -0.2) is 25.9 Å². The smallest absolute Gasteiger partial charge is 0.131 e. The summed E-state index contributed by atoms with van der Waals surface area (Å²) in [6.07, 6.45) is 0.580. The van der Waals surface area contributed by atoms with E-state index in [0.717, 1.165) is 0 Å². The van der Waals surface area contributed by atoms with Crippen molar-refractivity contribution >= 4 is 0 Å². The SMILES string of the molecule is COc1cc(O)c([C@H](N)CCN)c(OC)c1. The van der Waals surface area contributed by atoms with Crippen LogP contribution in [0.3, 0.4) is 0 Å². The molecule has 0 spiro atoms. The Morgan fingerprint density at radius 2 is 2.00 bits per heavy atom. The van der Waals surface area contributed by atoms with Gasteiger partial charge in [-0.3, -0.25) is 0 Å². The van der Waals surface area contributed by atoms with Crippen LogP contribution in [0.4, 0.5) is 0 Å².